The fourth-order valence-corrected chi connectivity index (χ4v) is 1.41. The molecule has 2 rings (SSSR count). The summed E-state index contributed by atoms with van der Waals surface area (Å²) in [6, 6.07) is 10.7. The van der Waals surface area contributed by atoms with Crippen molar-refractivity contribution in [3.8, 4) is 0 Å². The summed E-state index contributed by atoms with van der Waals surface area (Å²) < 4.78 is 0. The van der Waals surface area contributed by atoms with Crippen molar-refractivity contribution >= 4 is 17.7 Å². The fraction of sp³-hybridized carbons (Fsp3) is 0. The molecular weight excluding hydrogens is 212 g/mol. The minimum absolute atomic E-state index is 0.133. The number of pyridine rings is 1. The average Bonchev–Trinajstić information content (AvgIpc) is 2.40. The lowest BCUT2D eigenvalue weighted by Crippen LogP contribution is -2.11. The van der Waals surface area contributed by atoms with Crippen LogP contribution in [0.3, 0.4) is 0 Å². The molecule has 0 bridgehead atoms. The Bertz CT molecular complexity index is 518. The number of rotatable bonds is 3. The summed E-state index contributed by atoms with van der Waals surface area (Å²) >= 11 is 0. The van der Waals surface area contributed by atoms with E-state index in [-0.39, 0.29) is 5.91 Å². The number of anilines is 1. The molecule has 0 aliphatic carbocycles. The number of benzene rings is 1. The standard InChI is InChI=1S/C14H12N2O/c1-2-11-3-5-12(6-4-11)14(17)16-13-7-9-15-10-8-13/h2-10H,1H2,(H,15,16,17). The number of hydrogen-bond acceptors (Lipinski definition) is 2. The van der Waals surface area contributed by atoms with Crippen LogP contribution in [0.25, 0.3) is 6.08 Å². The van der Waals surface area contributed by atoms with Gasteiger partial charge in [-0.1, -0.05) is 24.8 Å². The van der Waals surface area contributed by atoms with E-state index < -0.39 is 0 Å². The smallest absolute Gasteiger partial charge is 0.255 e. The summed E-state index contributed by atoms with van der Waals surface area (Å²) in [6.45, 7) is 3.67. The van der Waals surface area contributed by atoms with E-state index >= 15 is 0 Å². The van der Waals surface area contributed by atoms with Crippen LogP contribution in [0.4, 0.5) is 5.69 Å². The van der Waals surface area contributed by atoms with Crippen molar-refractivity contribution < 1.29 is 4.79 Å². The number of carbonyl (C=O) groups excluding carboxylic acids is 1. The van der Waals surface area contributed by atoms with E-state index in [4.69, 9.17) is 0 Å². The highest BCUT2D eigenvalue weighted by molar-refractivity contribution is 6.04. The van der Waals surface area contributed by atoms with Crippen molar-refractivity contribution in [2.24, 2.45) is 0 Å². The number of hydrogen-bond donors (Lipinski definition) is 1. The molecule has 1 aromatic carbocycles. The van der Waals surface area contributed by atoms with Gasteiger partial charge >= 0.3 is 0 Å². The van der Waals surface area contributed by atoms with Gasteiger partial charge in [-0.25, -0.2) is 0 Å². The topological polar surface area (TPSA) is 42.0 Å². The Hall–Kier alpha value is -2.42. The summed E-state index contributed by atoms with van der Waals surface area (Å²) in [5, 5.41) is 2.79. The van der Waals surface area contributed by atoms with Gasteiger partial charge in [-0.2, -0.15) is 0 Å². The molecule has 0 aliphatic rings. The van der Waals surface area contributed by atoms with Crippen LogP contribution in [-0.4, -0.2) is 10.9 Å². The fourth-order valence-electron chi connectivity index (χ4n) is 1.41. The minimum Gasteiger partial charge on any atom is -0.322 e. The van der Waals surface area contributed by atoms with Crippen LogP contribution in [0.5, 0.6) is 0 Å². The molecule has 0 saturated heterocycles. The maximum absolute atomic E-state index is 11.9. The van der Waals surface area contributed by atoms with E-state index in [0.717, 1.165) is 11.3 Å². The van der Waals surface area contributed by atoms with Crippen molar-refractivity contribution in [2.45, 2.75) is 0 Å². The molecule has 0 saturated carbocycles. The Morgan fingerprint density at radius 1 is 1.12 bits per heavy atom. The van der Waals surface area contributed by atoms with Crippen LogP contribution < -0.4 is 5.32 Å². The quantitative estimate of drug-likeness (QED) is 0.870. The maximum Gasteiger partial charge on any atom is 0.255 e. The molecular formula is C14H12N2O. The van der Waals surface area contributed by atoms with Crippen LogP contribution in [0.2, 0.25) is 0 Å². The number of nitrogens with one attached hydrogen (secondary N) is 1. The van der Waals surface area contributed by atoms with Gasteiger partial charge in [0.15, 0.2) is 0 Å². The molecule has 0 atom stereocenters. The van der Waals surface area contributed by atoms with Gasteiger partial charge in [0.05, 0.1) is 0 Å². The van der Waals surface area contributed by atoms with Crippen molar-refractivity contribution in [1.29, 1.82) is 0 Å². The number of amides is 1. The second-order valence-corrected chi connectivity index (χ2v) is 3.52. The molecule has 1 heterocycles. The van der Waals surface area contributed by atoms with Crippen molar-refractivity contribution in [1.82, 2.24) is 4.98 Å². The minimum atomic E-state index is -0.133. The van der Waals surface area contributed by atoms with E-state index in [0.29, 0.717) is 5.56 Å². The second-order valence-electron chi connectivity index (χ2n) is 3.52. The first kappa shape index (κ1) is 11.1. The zero-order valence-electron chi connectivity index (χ0n) is 9.26. The monoisotopic (exact) mass is 224 g/mol. The number of carbonyl (C=O) groups is 1. The largest absolute Gasteiger partial charge is 0.322 e. The van der Waals surface area contributed by atoms with E-state index in [1.807, 2.05) is 12.1 Å². The van der Waals surface area contributed by atoms with Crippen molar-refractivity contribution in [3.05, 3.63) is 66.5 Å². The summed E-state index contributed by atoms with van der Waals surface area (Å²) in [5.74, 6) is -0.133. The Balaban J connectivity index is 2.12. The van der Waals surface area contributed by atoms with Gasteiger partial charge in [0, 0.05) is 23.6 Å². The lowest BCUT2D eigenvalue weighted by atomic mass is 10.1. The average molecular weight is 224 g/mol. The molecule has 1 N–H and O–H groups in total. The van der Waals surface area contributed by atoms with Crippen molar-refractivity contribution in [3.63, 3.8) is 0 Å². The second kappa shape index (κ2) is 5.07. The van der Waals surface area contributed by atoms with Crippen LogP contribution >= 0.6 is 0 Å². The lowest BCUT2D eigenvalue weighted by Gasteiger charge is -2.04. The molecule has 0 radical (unpaired) electrons. The Morgan fingerprint density at radius 2 is 1.76 bits per heavy atom. The molecule has 3 nitrogen and oxygen atoms in total. The van der Waals surface area contributed by atoms with Crippen LogP contribution in [0.15, 0.2) is 55.4 Å². The Kier molecular flexibility index (Phi) is 3.31. The molecule has 0 fully saturated rings. The highest BCUT2D eigenvalue weighted by atomic mass is 16.1. The highest BCUT2D eigenvalue weighted by Crippen LogP contribution is 2.09. The molecule has 2 aromatic rings. The third-order valence-electron chi connectivity index (χ3n) is 2.35. The van der Waals surface area contributed by atoms with E-state index in [1.54, 1.807) is 42.7 Å². The first-order valence-electron chi connectivity index (χ1n) is 5.23. The van der Waals surface area contributed by atoms with E-state index in [1.165, 1.54) is 0 Å². The zero-order chi connectivity index (χ0) is 12.1. The normalized spacial score (nSPS) is 9.65. The molecule has 0 aliphatic heterocycles. The number of nitrogens with zero attached hydrogens (tertiary/aromatic N) is 1. The third-order valence-corrected chi connectivity index (χ3v) is 2.35. The Morgan fingerprint density at radius 3 is 2.35 bits per heavy atom. The molecule has 1 aromatic heterocycles. The summed E-state index contributed by atoms with van der Waals surface area (Å²) in [5.41, 5.74) is 2.34. The maximum atomic E-state index is 11.9. The highest BCUT2D eigenvalue weighted by Gasteiger charge is 2.04. The van der Waals surface area contributed by atoms with Crippen LogP contribution in [0.1, 0.15) is 15.9 Å². The van der Waals surface area contributed by atoms with Gasteiger partial charge in [-0.05, 0) is 29.8 Å². The van der Waals surface area contributed by atoms with Crippen molar-refractivity contribution in [2.75, 3.05) is 5.32 Å². The summed E-state index contributed by atoms with van der Waals surface area (Å²) in [6.07, 6.45) is 5.01. The lowest BCUT2D eigenvalue weighted by molar-refractivity contribution is 0.102. The molecule has 84 valence electrons. The van der Waals surface area contributed by atoms with Gasteiger partial charge < -0.3 is 5.32 Å². The van der Waals surface area contributed by atoms with Gasteiger partial charge in [0.25, 0.3) is 5.91 Å². The van der Waals surface area contributed by atoms with Gasteiger partial charge in [0.1, 0.15) is 0 Å². The SMILES string of the molecule is C=Cc1ccc(C(=O)Nc2ccncc2)cc1. The van der Waals surface area contributed by atoms with E-state index in [2.05, 4.69) is 16.9 Å². The first-order chi connectivity index (χ1) is 8.29. The number of aromatic nitrogens is 1. The van der Waals surface area contributed by atoms with Crippen LogP contribution in [-0.2, 0) is 0 Å². The molecule has 17 heavy (non-hydrogen) atoms. The molecule has 0 spiro atoms. The van der Waals surface area contributed by atoms with Gasteiger partial charge in [0.2, 0.25) is 0 Å². The molecule has 0 unspecified atom stereocenters. The Labute approximate surface area is 99.8 Å². The van der Waals surface area contributed by atoms with Crippen LogP contribution in [0, 0.1) is 0 Å². The summed E-state index contributed by atoms with van der Waals surface area (Å²) in [7, 11) is 0. The molecule has 3 heteroatoms. The van der Waals surface area contributed by atoms with Gasteiger partial charge in [-0.3, -0.25) is 9.78 Å². The summed E-state index contributed by atoms with van der Waals surface area (Å²) in [4.78, 5) is 15.7. The molecule has 1 amide bonds. The van der Waals surface area contributed by atoms with Gasteiger partial charge in [-0.15, -0.1) is 0 Å². The van der Waals surface area contributed by atoms with E-state index in [9.17, 15) is 4.79 Å². The zero-order valence-corrected chi connectivity index (χ0v) is 9.26. The third kappa shape index (κ3) is 2.78. The first-order valence-corrected chi connectivity index (χ1v) is 5.23. The predicted molar refractivity (Wildman–Crippen MR) is 68.7 cm³/mol. The predicted octanol–water partition coefficient (Wildman–Crippen LogP) is 2.98.